The molecule has 0 rings (SSSR count). The van der Waals surface area contributed by atoms with Crippen LogP contribution < -0.4 is 5.73 Å². The molecule has 316 valence electrons. The van der Waals surface area contributed by atoms with E-state index in [1.165, 1.54) is 122 Å². The fourth-order valence-electron chi connectivity index (χ4n) is 5.78. The third kappa shape index (κ3) is 36.9. The predicted octanol–water partition coefficient (Wildman–Crippen LogP) is 11.1. The smallest absolute Gasteiger partial charge is 0.472 e. The van der Waals surface area contributed by atoms with Crippen molar-refractivity contribution >= 4 is 25.7 Å². The van der Waals surface area contributed by atoms with Crippen LogP contribution >= 0.6 is 7.82 Å². The zero-order chi connectivity index (χ0) is 40.0. The molecule has 0 saturated heterocycles. The van der Waals surface area contributed by atoms with Crippen molar-refractivity contribution in [3.63, 3.8) is 0 Å². The molecule has 12 heteroatoms. The molecule has 4 N–H and O–H groups in total. The molecule has 0 aromatic carbocycles. The van der Waals surface area contributed by atoms with E-state index in [-0.39, 0.29) is 19.4 Å². The number of allylic oxidation sites excluding steroid dienone is 4. The average Bonchev–Trinajstić information content (AvgIpc) is 3.14. The van der Waals surface area contributed by atoms with Crippen molar-refractivity contribution < 1.29 is 47.5 Å². The Bertz CT molecular complexity index is 1020. The molecule has 0 aliphatic carbocycles. The maximum atomic E-state index is 12.6. The first-order valence-corrected chi connectivity index (χ1v) is 22.9. The van der Waals surface area contributed by atoms with Crippen LogP contribution in [0.1, 0.15) is 194 Å². The zero-order valence-electron chi connectivity index (χ0n) is 34.1. The van der Waals surface area contributed by atoms with Crippen LogP contribution in [0.4, 0.5) is 0 Å². The minimum Gasteiger partial charge on any atom is -0.480 e. The zero-order valence-corrected chi connectivity index (χ0v) is 35.0. The largest absolute Gasteiger partial charge is 0.480 e. The quantitative estimate of drug-likeness (QED) is 0.0233. The van der Waals surface area contributed by atoms with Gasteiger partial charge in [-0.2, -0.15) is 0 Å². The van der Waals surface area contributed by atoms with E-state index >= 15 is 0 Å². The van der Waals surface area contributed by atoms with Gasteiger partial charge in [-0.05, 0) is 51.4 Å². The molecular weight excluding hydrogens is 709 g/mol. The van der Waals surface area contributed by atoms with Gasteiger partial charge >= 0.3 is 25.7 Å². The fourth-order valence-corrected chi connectivity index (χ4v) is 6.56. The van der Waals surface area contributed by atoms with Gasteiger partial charge in [-0.25, -0.2) is 4.57 Å². The second-order valence-corrected chi connectivity index (χ2v) is 15.9. The van der Waals surface area contributed by atoms with Crippen LogP contribution in [-0.4, -0.2) is 59.9 Å². The Morgan fingerprint density at radius 2 is 0.963 bits per heavy atom. The summed E-state index contributed by atoms with van der Waals surface area (Å²) in [5.74, 6) is -2.46. The second kappa shape index (κ2) is 37.9. The van der Waals surface area contributed by atoms with Crippen LogP contribution in [0.15, 0.2) is 24.3 Å². The van der Waals surface area contributed by atoms with Gasteiger partial charge in [0.05, 0.1) is 13.2 Å². The molecule has 3 atom stereocenters. The van der Waals surface area contributed by atoms with Crippen LogP contribution in [0, 0.1) is 0 Å². The fraction of sp³-hybridized carbons (Fsp3) is 0.833. The first kappa shape index (κ1) is 52.0. The molecule has 0 saturated carbocycles. The van der Waals surface area contributed by atoms with Crippen molar-refractivity contribution in [3.8, 4) is 0 Å². The number of carbonyl (C=O) groups is 3. The normalized spacial score (nSPS) is 14.0. The van der Waals surface area contributed by atoms with Gasteiger partial charge in [-0.15, -0.1) is 0 Å². The Morgan fingerprint density at radius 3 is 1.43 bits per heavy atom. The lowest BCUT2D eigenvalue weighted by Crippen LogP contribution is -2.34. The van der Waals surface area contributed by atoms with Gasteiger partial charge in [-0.1, -0.05) is 154 Å². The Kier molecular flexibility index (Phi) is 36.4. The summed E-state index contributed by atoms with van der Waals surface area (Å²) in [6.07, 6.45) is 38.3. The molecule has 0 bridgehead atoms. The molecule has 11 nitrogen and oxygen atoms in total. The van der Waals surface area contributed by atoms with Crippen molar-refractivity contribution in [2.45, 2.75) is 206 Å². The molecule has 0 aliphatic rings. The minimum absolute atomic E-state index is 0.0760. The van der Waals surface area contributed by atoms with E-state index in [4.69, 9.17) is 24.8 Å². The molecule has 54 heavy (non-hydrogen) atoms. The highest BCUT2D eigenvalue weighted by molar-refractivity contribution is 7.47. The number of phosphoric acid groups is 1. The molecule has 0 amide bonds. The summed E-state index contributed by atoms with van der Waals surface area (Å²) in [5.41, 5.74) is 5.32. The van der Waals surface area contributed by atoms with Gasteiger partial charge in [0.15, 0.2) is 6.10 Å². The molecule has 0 aromatic rings. The van der Waals surface area contributed by atoms with E-state index in [1.807, 2.05) is 6.08 Å². The summed E-state index contributed by atoms with van der Waals surface area (Å²) in [6, 6.07) is -1.53. The number of hydrogen-bond donors (Lipinski definition) is 3. The monoisotopic (exact) mass is 788 g/mol. The highest BCUT2D eigenvalue weighted by atomic mass is 31.2. The molecule has 0 spiro atoms. The summed E-state index contributed by atoms with van der Waals surface area (Å²) in [6.45, 7) is 2.75. The maximum absolute atomic E-state index is 12.6. The molecular formula is C42H78NO10P. The van der Waals surface area contributed by atoms with E-state index in [9.17, 15) is 23.8 Å². The van der Waals surface area contributed by atoms with Crippen LogP contribution in [0.25, 0.3) is 0 Å². The average molecular weight is 788 g/mol. The van der Waals surface area contributed by atoms with Gasteiger partial charge in [0.1, 0.15) is 12.6 Å². The van der Waals surface area contributed by atoms with Crippen LogP contribution in [0.5, 0.6) is 0 Å². The molecule has 0 heterocycles. The summed E-state index contributed by atoms with van der Waals surface area (Å²) in [5, 5.41) is 8.87. The Labute approximate surface area is 328 Å². The van der Waals surface area contributed by atoms with Gasteiger partial charge in [0.2, 0.25) is 0 Å². The summed E-state index contributed by atoms with van der Waals surface area (Å²) in [4.78, 5) is 45.8. The third-order valence-electron chi connectivity index (χ3n) is 9.19. The Hall–Kier alpha value is -2.04. The number of carbonyl (C=O) groups excluding carboxylic acids is 2. The first-order valence-electron chi connectivity index (χ1n) is 21.4. The predicted molar refractivity (Wildman–Crippen MR) is 217 cm³/mol. The molecule has 1 unspecified atom stereocenters. The highest BCUT2D eigenvalue weighted by Crippen LogP contribution is 2.43. The van der Waals surface area contributed by atoms with Gasteiger partial charge < -0.3 is 25.2 Å². The Balaban J connectivity index is 4.43. The number of nitrogens with two attached hydrogens (primary N) is 1. The van der Waals surface area contributed by atoms with Crippen molar-refractivity contribution in [3.05, 3.63) is 24.3 Å². The van der Waals surface area contributed by atoms with E-state index in [0.29, 0.717) is 12.8 Å². The molecule has 0 radical (unpaired) electrons. The lowest BCUT2D eigenvalue weighted by Gasteiger charge is -2.20. The number of carboxylic acids is 1. The lowest BCUT2D eigenvalue weighted by atomic mass is 10.1. The molecule has 0 aromatic heterocycles. The van der Waals surface area contributed by atoms with Gasteiger partial charge in [0.25, 0.3) is 0 Å². The van der Waals surface area contributed by atoms with E-state index in [1.54, 1.807) is 0 Å². The minimum atomic E-state index is -4.72. The number of esters is 2. The van der Waals surface area contributed by atoms with E-state index in [2.05, 4.69) is 36.6 Å². The Morgan fingerprint density at radius 1 is 0.556 bits per heavy atom. The molecule has 0 aliphatic heterocycles. The number of hydrogen-bond acceptors (Lipinski definition) is 9. The standard InChI is InChI=1S/C42H78NO10P/c1-3-5-7-9-11-13-15-17-19-21-23-25-27-29-31-33-40(44)50-35-38(36-51-54(48,49)52-37-39(43)42(46)47)53-41(45)34-32-30-28-26-24-22-20-18-16-14-12-10-8-6-4-2/h23,25,28,30,38-39H,3-22,24,26-27,29,31-37,43H2,1-2H3,(H,46,47)(H,48,49)/b25-23+,30-28+/t38-,39+/m1/s1. The highest BCUT2D eigenvalue weighted by Gasteiger charge is 2.28. The van der Waals surface area contributed by atoms with Crippen molar-refractivity contribution in [2.75, 3.05) is 19.8 Å². The maximum Gasteiger partial charge on any atom is 0.472 e. The summed E-state index contributed by atoms with van der Waals surface area (Å²) >= 11 is 0. The van der Waals surface area contributed by atoms with Crippen molar-refractivity contribution in [1.82, 2.24) is 0 Å². The summed E-state index contributed by atoms with van der Waals surface area (Å²) < 4.78 is 32.6. The number of phosphoric ester groups is 1. The number of aliphatic carboxylic acids is 1. The number of carboxylic acid groups (broad SMARTS) is 1. The number of rotatable bonds is 40. The van der Waals surface area contributed by atoms with Crippen molar-refractivity contribution in [2.24, 2.45) is 5.73 Å². The van der Waals surface area contributed by atoms with E-state index in [0.717, 1.165) is 32.1 Å². The first-order chi connectivity index (χ1) is 26.1. The third-order valence-corrected chi connectivity index (χ3v) is 10.1. The lowest BCUT2D eigenvalue weighted by molar-refractivity contribution is -0.161. The van der Waals surface area contributed by atoms with Crippen LogP contribution in [-0.2, 0) is 37.5 Å². The SMILES string of the molecule is CCCCCCCCCCC/C=C/CCCCC(=O)OC[C@H](COP(=O)(O)OC[C@H](N)C(=O)O)OC(=O)CC/C=C/CCCCCCCCCCCCC. The molecule has 0 fully saturated rings. The topological polar surface area (TPSA) is 172 Å². The van der Waals surface area contributed by atoms with Crippen LogP contribution in [0.2, 0.25) is 0 Å². The number of ether oxygens (including phenoxy) is 2. The van der Waals surface area contributed by atoms with Gasteiger partial charge in [0, 0.05) is 12.8 Å². The van der Waals surface area contributed by atoms with Crippen molar-refractivity contribution in [1.29, 1.82) is 0 Å². The van der Waals surface area contributed by atoms with E-state index < -0.39 is 51.1 Å². The van der Waals surface area contributed by atoms with Gasteiger partial charge in [-0.3, -0.25) is 23.4 Å². The van der Waals surface area contributed by atoms with Crippen LogP contribution in [0.3, 0.4) is 0 Å². The summed E-state index contributed by atoms with van der Waals surface area (Å²) in [7, 11) is -4.72. The number of unbranched alkanes of at least 4 members (excludes halogenated alkanes) is 22. The second-order valence-electron chi connectivity index (χ2n) is 14.5.